The average Bonchev–Trinajstić information content (AvgIpc) is 2.77. The highest BCUT2D eigenvalue weighted by Crippen LogP contribution is 2.04. The number of nitrogens with one attached hydrogen (secondary N) is 1. The fourth-order valence-electron chi connectivity index (χ4n) is 1.34. The highest BCUT2D eigenvalue weighted by molar-refractivity contribution is 5.75. The molecular weight excluding hydrogens is 208 g/mol. The van der Waals surface area contributed by atoms with Crippen molar-refractivity contribution in [2.24, 2.45) is 0 Å². The van der Waals surface area contributed by atoms with Gasteiger partial charge in [0.1, 0.15) is 11.8 Å². The molecule has 1 aromatic heterocycles. The van der Waals surface area contributed by atoms with E-state index in [1.54, 1.807) is 6.20 Å². The number of esters is 1. The van der Waals surface area contributed by atoms with Crippen molar-refractivity contribution in [3.8, 4) is 0 Å². The molecule has 0 saturated carbocycles. The van der Waals surface area contributed by atoms with Crippen molar-refractivity contribution >= 4 is 5.97 Å². The van der Waals surface area contributed by atoms with Crippen LogP contribution in [-0.4, -0.2) is 24.1 Å². The predicted octanol–water partition coefficient (Wildman–Crippen LogP) is 1.28. The van der Waals surface area contributed by atoms with E-state index in [2.05, 4.69) is 15.0 Å². The van der Waals surface area contributed by atoms with Gasteiger partial charge in [-0.1, -0.05) is 13.8 Å². The monoisotopic (exact) mass is 226 g/mol. The maximum Gasteiger partial charge on any atom is 0.322 e. The fraction of sp³-hybridized carbons (Fsp3) is 0.636. The van der Waals surface area contributed by atoms with E-state index in [-0.39, 0.29) is 12.0 Å². The number of methoxy groups -OCH3 is 1. The number of ether oxygens (including phenoxy) is 1. The van der Waals surface area contributed by atoms with Gasteiger partial charge >= 0.3 is 5.97 Å². The molecule has 0 amide bonds. The molecule has 0 bridgehead atoms. The van der Waals surface area contributed by atoms with Crippen LogP contribution in [0, 0.1) is 0 Å². The second-order valence-electron chi connectivity index (χ2n) is 3.44. The molecule has 0 aromatic carbocycles. The Morgan fingerprint density at radius 2 is 2.38 bits per heavy atom. The largest absolute Gasteiger partial charge is 0.468 e. The van der Waals surface area contributed by atoms with Crippen LogP contribution in [0.15, 0.2) is 10.6 Å². The third-order valence-electron chi connectivity index (χ3n) is 2.34. The summed E-state index contributed by atoms with van der Waals surface area (Å²) in [6, 6.07) is -0.304. The van der Waals surface area contributed by atoms with Crippen LogP contribution in [0.1, 0.15) is 31.9 Å². The molecule has 0 radical (unpaired) electrons. The number of aryl methyl sites for hydroxylation is 1. The number of rotatable bonds is 6. The Balaban J connectivity index is 2.46. The molecule has 0 aliphatic carbocycles. The van der Waals surface area contributed by atoms with Crippen molar-refractivity contribution in [2.75, 3.05) is 7.11 Å². The zero-order chi connectivity index (χ0) is 12.0. The molecule has 1 atom stereocenters. The lowest BCUT2D eigenvalue weighted by molar-refractivity contribution is -0.143. The SMILES string of the molecule is CCc1cnc(CNC(CC)C(=O)OC)o1. The lowest BCUT2D eigenvalue weighted by Crippen LogP contribution is -2.36. The molecule has 1 rings (SSSR count). The molecule has 1 heterocycles. The van der Waals surface area contributed by atoms with Crippen LogP contribution in [0.4, 0.5) is 0 Å². The molecule has 1 aromatic rings. The first-order chi connectivity index (χ1) is 7.71. The third-order valence-corrected chi connectivity index (χ3v) is 2.34. The molecule has 5 heteroatoms. The third kappa shape index (κ3) is 3.34. The van der Waals surface area contributed by atoms with E-state index in [0.29, 0.717) is 18.9 Å². The van der Waals surface area contributed by atoms with Crippen molar-refractivity contribution in [3.63, 3.8) is 0 Å². The summed E-state index contributed by atoms with van der Waals surface area (Å²) in [5.41, 5.74) is 0. The lowest BCUT2D eigenvalue weighted by Gasteiger charge is -2.12. The lowest BCUT2D eigenvalue weighted by atomic mass is 10.2. The van der Waals surface area contributed by atoms with Gasteiger partial charge in [-0.3, -0.25) is 10.1 Å². The van der Waals surface area contributed by atoms with Crippen LogP contribution in [-0.2, 0) is 22.5 Å². The normalized spacial score (nSPS) is 12.4. The minimum Gasteiger partial charge on any atom is -0.468 e. The Kier molecular flexibility index (Phi) is 4.98. The van der Waals surface area contributed by atoms with E-state index in [4.69, 9.17) is 4.42 Å². The van der Waals surface area contributed by atoms with Gasteiger partial charge in [-0.05, 0) is 6.42 Å². The topological polar surface area (TPSA) is 64.4 Å². The molecule has 1 N–H and O–H groups in total. The minimum absolute atomic E-state index is 0.259. The van der Waals surface area contributed by atoms with Crippen molar-refractivity contribution < 1.29 is 13.9 Å². The van der Waals surface area contributed by atoms with Gasteiger partial charge in [0.15, 0.2) is 0 Å². The zero-order valence-corrected chi connectivity index (χ0v) is 9.95. The molecule has 0 aliphatic rings. The van der Waals surface area contributed by atoms with Gasteiger partial charge in [0, 0.05) is 6.42 Å². The molecule has 90 valence electrons. The van der Waals surface area contributed by atoms with Crippen LogP contribution in [0.2, 0.25) is 0 Å². The number of carbonyl (C=O) groups is 1. The van der Waals surface area contributed by atoms with E-state index >= 15 is 0 Å². The van der Waals surface area contributed by atoms with Crippen LogP contribution < -0.4 is 5.32 Å². The fourth-order valence-corrected chi connectivity index (χ4v) is 1.34. The molecular formula is C11H18N2O3. The predicted molar refractivity (Wildman–Crippen MR) is 58.8 cm³/mol. The van der Waals surface area contributed by atoms with Gasteiger partial charge in [-0.25, -0.2) is 4.98 Å². The van der Waals surface area contributed by atoms with Crippen molar-refractivity contribution in [1.82, 2.24) is 10.3 Å². The zero-order valence-electron chi connectivity index (χ0n) is 9.95. The van der Waals surface area contributed by atoms with Crippen LogP contribution in [0.5, 0.6) is 0 Å². The summed E-state index contributed by atoms with van der Waals surface area (Å²) in [6.07, 6.45) is 3.20. The molecule has 1 unspecified atom stereocenters. The molecule has 0 spiro atoms. The number of nitrogens with zero attached hydrogens (tertiary/aromatic N) is 1. The van der Waals surface area contributed by atoms with Crippen molar-refractivity contribution in [2.45, 2.75) is 39.3 Å². The van der Waals surface area contributed by atoms with Crippen LogP contribution in [0.3, 0.4) is 0 Å². The van der Waals surface area contributed by atoms with E-state index in [1.165, 1.54) is 7.11 Å². The molecule has 0 aliphatic heterocycles. The van der Waals surface area contributed by atoms with Gasteiger partial charge in [0.25, 0.3) is 0 Å². The minimum atomic E-state index is -0.304. The molecule has 16 heavy (non-hydrogen) atoms. The number of aromatic nitrogens is 1. The Morgan fingerprint density at radius 3 is 2.88 bits per heavy atom. The van der Waals surface area contributed by atoms with Crippen LogP contribution in [0.25, 0.3) is 0 Å². The average molecular weight is 226 g/mol. The second kappa shape index (κ2) is 6.27. The maximum atomic E-state index is 11.3. The number of oxazole rings is 1. The number of hydrogen-bond donors (Lipinski definition) is 1. The van der Waals surface area contributed by atoms with Gasteiger partial charge < -0.3 is 9.15 Å². The van der Waals surface area contributed by atoms with Gasteiger partial charge in [0.2, 0.25) is 5.89 Å². The maximum absolute atomic E-state index is 11.3. The molecule has 5 nitrogen and oxygen atoms in total. The Morgan fingerprint density at radius 1 is 1.62 bits per heavy atom. The smallest absolute Gasteiger partial charge is 0.322 e. The van der Waals surface area contributed by atoms with Crippen molar-refractivity contribution in [1.29, 1.82) is 0 Å². The highest BCUT2D eigenvalue weighted by Gasteiger charge is 2.16. The van der Waals surface area contributed by atoms with Crippen LogP contribution >= 0.6 is 0 Å². The number of hydrogen-bond acceptors (Lipinski definition) is 5. The second-order valence-corrected chi connectivity index (χ2v) is 3.44. The summed E-state index contributed by atoms with van der Waals surface area (Å²) in [5, 5.41) is 3.04. The summed E-state index contributed by atoms with van der Waals surface area (Å²) < 4.78 is 10.1. The first-order valence-electron chi connectivity index (χ1n) is 5.46. The van der Waals surface area contributed by atoms with E-state index in [0.717, 1.165) is 12.2 Å². The van der Waals surface area contributed by atoms with Gasteiger partial charge in [-0.15, -0.1) is 0 Å². The summed E-state index contributed by atoms with van der Waals surface area (Å²) >= 11 is 0. The Hall–Kier alpha value is -1.36. The van der Waals surface area contributed by atoms with Gasteiger partial charge in [-0.2, -0.15) is 0 Å². The summed E-state index contributed by atoms with van der Waals surface area (Å²) in [6.45, 7) is 4.36. The highest BCUT2D eigenvalue weighted by atomic mass is 16.5. The summed E-state index contributed by atoms with van der Waals surface area (Å²) in [7, 11) is 1.38. The first kappa shape index (κ1) is 12.7. The molecule has 0 saturated heterocycles. The molecule has 0 fully saturated rings. The van der Waals surface area contributed by atoms with Crippen molar-refractivity contribution in [3.05, 3.63) is 17.8 Å². The quantitative estimate of drug-likeness (QED) is 0.740. The standard InChI is InChI=1S/C11H18N2O3/c1-4-8-6-13-10(16-8)7-12-9(5-2)11(14)15-3/h6,9,12H,4-5,7H2,1-3H3. The summed E-state index contributed by atoms with van der Waals surface area (Å²) in [4.78, 5) is 15.4. The Bertz CT molecular complexity index is 336. The summed E-state index contributed by atoms with van der Waals surface area (Å²) in [5.74, 6) is 1.19. The first-order valence-corrected chi connectivity index (χ1v) is 5.46. The Labute approximate surface area is 95.2 Å². The van der Waals surface area contributed by atoms with E-state index in [9.17, 15) is 4.79 Å². The van der Waals surface area contributed by atoms with E-state index < -0.39 is 0 Å². The van der Waals surface area contributed by atoms with E-state index in [1.807, 2.05) is 13.8 Å². The number of carbonyl (C=O) groups excluding carboxylic acids is 1. The van der Waals surface area contributed by atoms with Gasteiger partial charge in [0.05, 0.1) is 19.9 Å².